The zero-order valence-corrected chi connectivity index (χ0v) is 13.3. The second-order valence-electron chi connectivity index (χ2n) is 4.10. The summed E-state index contributed by atoms with van der Waals surface area (Å²) in [6, 6.07) is 2.71. The van der Waals surface area contributed by atoms with Crippen LogP contribution in [0.25, 0.3) is 0 Å². The van der Waals surface area contributed by atoms with E-state index in [2.05, 4.69) is 9.57 Å². The molecular formula is C12H10Cl3F2NO4. The van der Waals surface area contributed by atoms with Gasteiger partial charge in [0, 0.05) is 11.6 Å². The Morgan fingerprint density at radius 3 is 2.50 bits per heavy atom. The Labute approximate surface area is 139 Å². The number of benzene rings is 1. The lowest BCUT2D eigenvalue weighted by atomic mass is 10.0. The third-order valence-electron chi connectivity index (χ3n) is 2.38. The first-order valence-corrected chi connectivity index (χ1v) is 6.88. The molecule has 0 aliphatic heterocycles. The molecule has 5 nitrogen and oxygen atoms in total. The number of carbonyl (C=O) groups excluding carboxylic acids is 2. The third kappa shape index (κ3) is 6.21. The van der Waals surface area contributed by atoms with Gasteiger partial charge in [-0.1, -0.05) is 40.9 Å². The highest BCUT2D eigenvalue weighted by Crippen LogP contribution is 2.26. The number of halogens is 5. The number of hydrogen-bond donors (Lipinski definition) is 1. The molecule has 0 bridgehead atoms. The molecule has 0 saturated carbocycles. The normalized spacial score (nSPS) is 12.5. The van der Waals surface area contributed by atoms with Gasteiger partial charge in [0.15, 0.2) is 0 Å². The van der Waals surface area contributed by atoms with E-state index >= 15 is 0 Å². The summed E-state index contributed by atoms with van der Waals surface area (Å²) in [5.41, 5.74) is 1.56. The third-order valence-corrected chi connectivity index (χ3v) is 2.71. The first-order chi connectivity index (χ1) is 10.1. The van der Waals surface area contributed by atoms with Crippen LogP contribution in [0.1, 0.15) is 18.4 Å². The van der Waals surface area contributed by atoms with Crippen molar-refractivity contribution in [2.45, 2.75) is 16.6 Å². The summed E-state index contributed by atoms with van der Waals surface area (Å²) in [7, 11) is 0. The van der Waals surface area contributed by atoms with E-state index in [9.17, 15) is 18.4 Å². The van der Waals surface area contributed by atoms with Gasteiger partial charge in [-0.05, 0) is 13.0 Å². The minimum absolute atomic E-state index is 0.0946. The fourth-order valence-corrected chi connectivity index (χ4v) is 1.50. The Balaban J connectivity index is 2.53. The van der Waals surface area contributed by atoms with Crippen molar-refractivity contribution >= 4 is 46.9 Å². The van der Waals surface area contributed by atoms with Crippen molar-refractivity contribution in [2.24, 2.45) is 0 Å². The molecule has 0 fully saturated rings. The van der Waals surface area contributed by atoms with Gasteiger partial charge in [0.2, 0.25) is 3.79 Å². The first kappa shape index (κ1) is 18.7. The number of hydroxylamine groups is 1. The molecule has 10 heteroatoms. The largest absolute Gasteiger partial charge is 0.443 e. The fraction of sp³-hybridized carbons (Fsp3) is 0.333. The number of rotatable bonds is 3. The first-order valence-electron chi connectivity index (χ1n) is 5.75. The standard InChI is InChI=1S/C12H10Cl3F2NO4/c1-6(8-3-2-7(16)4-9(8)17)10(19)22-18-11(20)21-5-12(13,14)15/h2-4,6H,5H2,1H3,(H,18,20). The predicted molar refractivity (Wildman–Crippen MR) is 75.6 cm³/mol. The highest BCUT2D eigenvalue weighted by Gasteiger charge is 2.24. The van der Waals surface area contributed by atoms with Crippen LogP contribution >= 0.6 is 34.8 Å². The van der Waals surface area contributed by atoms with E-state index in [-0.39, 0.29) is 5.56 Å². The Hall–Kier alpha value is -1.31. The van der Waals surface area contributed by atoms with Crippen LogP contribution in [0.3, 0.4) is 0 Å². The molecule has 1 amide bonds. The Kier molecular flexibility index (Phi) is 6.65. The van der Waals surface area contributed by atoms with Crippen molar-refractivity contribution in [3.05, 3.63) is 35.4 Å². The minimum Gasteiger partial charge on any atom is -0.443 e. The summed E-state index contributed by atoms with van der Waals surface area (Å²) >= 11 is 16.0. The van der Waals surface area contributed by atoms with E-state index in [0.717, 1.165) is 12.1 Å². The van der Waals surface area contributed by atoms with Crippen LogP contribution in [0.2, 0.25) is 0 Å². The maximum absolute atomic E-state index is 13.5. The fourth-order valence-electron chi connectivity index (χ4n) is 1.34. The van der Waals surface area contributed by atoms with Gasteiger partial charge < -0.3 is 9.57 Å². The van der Waals surface area contributed by atoms with Crippen molar-refractivity contribution in [3.63, 3.8) is 0 Å². The van der Waals surface area contributed by atoms with Gasteiger partial charge in [-0.2, -0.15) is 0 Å². The van der Waals surface area contributed by atoms with Gasteiger partial charge in [0.1, 0.15) is 18.2 Å². The van der Waals surface area contributed by atoms with Crippen LogP contribution in [0, 0.1) is 11.6 Å². The number of carbonyl (C=O) groups is 2. The molecule has 1 atom stereocenters. The van der Waals surface area contributed by atoms with Crippen molar-refractivity contribution in [1.29, 1.82) is 0 Å². The van der Waals surface area contributed by atoms with Gasteiger partial charge >= 0.3 is 12.1 Å². The van der Waals surface area contributed by atoms with Crippen LogP contribution in [0.5, 0.6) is 0 Å². The molecule has 1 N–H and O–H groups in total. The molecular weight excluding hydrogens is 366 g/mol. The molecule has 1 rings (SSSR count). The zero-order chi connectivity index (χ0) is 16.9. The molecule has 1 aromatic carbocycles. The van der Waals surface area contributed by atoms with Crippen molar-refractivity contribution in [2.75, 3.05) is 6.61 Å². The Morgan fingerprint density at radius 2 is 1.95 bits per heavy atom. The average molecular weight is 377 g/mol. The summed E-state index contributed by atoms with van der Waals surface area (Å²) in [5.74, 6) is -3.77. The number of amides is 1. The van der Waals surface area contributed by atoms with E-state index in [1.807, 2.05) is 0 Å². The average Bonchev–Trinajstić information content (AvgIpc) is 2.41. The SMILES string of the molecule is CC(C(=O)ONC(=O)OCC(Cl)(Cl)Cl)c1ccc(F)cc1F. The summed E-state index contributed by atoms with van der Waals surface area (Å²) in [4.78, 5) is 27.2. The number of nitrogens with one attached hydrogen (secondary N) is 1. The number of hydrogen-bond acceptors (Lipinski definition) is 4. The smallest absolute Gasteiger partial charge is 0.440 e. The van der Waals surface area contributed by atoms with Gasteiger partial charge in [-0.3, -0.25) is 0 Å². The van der Waals surface area contributed by atoms with E-state index in [1.54, 1.807) is 5.48 Å². The lowest BCUT2D eigenvalue weighted by molar-refractivity contribution is -0.151. The molecule has 0 aromatic heterocycles. The molecule has 1 unspecified atom stereocenters. The Morgan fingerprint density at radius 1 is 1.32 bits per heavy atom. The maximum atomic E-state index is 13.5. The number of ether oxygens (including phenoxy) is 1. The maximum Gasteiger partial charge on any atom is 0.440 e. The van der Waals surface area contributed by atoms with E-state index in [0.29, 0.717) is 6.07 Å². The summed E-state index contributed by atoms with van der Waals surface area (Å²) in [6.45, 7) is 0.746. The monoisotopic (exact) mass is 375 g/mol. The second kappa shape index (κ2) is 7.80. The van der Waals surface area contributed by atoms with Gasteiger partial charge in [-0.15, -0.1) is 5.48 Å². The molecule has 0 aliphatic carbocycles. The van der Waals surface area contributed by atoms with E-state index < -0.39 is 40.0 Å². The predicted octanol–water partition coefficient (Wildman–Crippen LogP) is 3.62. The molecule has 0 radical (unpaired) electrons. The van der Waals surface area contributed by atoms with Crippen molar-refractivity contribution in [3.8, 4) is 0 Å². The van der Waals surface area contributed by atoms with Crippen LogP contribution < -0.4 is 5.48 Å². The highest BCUT2D eigenvalue weighted by atomic mass is 35.6. The zero-order valence-electron chi connectivity index (χ0n) is 11.0. The lowest BCUT2D eigenvalue weighted by Crippen LogP contribution is -2.31. The molecule has 122 valence electrons. The molecule has 0 heterocycles. The summed E-state index contributed by atoms with van der Waals surface area (Å²) in [6.07, 6.45) is -1.17. The highest BCUT2D eigenvalue weighted by molar-refractivity contribution is 6.67. The summed E-state index contributed by atoms with van der Waals surface area (Å²) in [5, 5.41) is 0. The molecule has 0 saturated heterocycles. The molecule has 0 aliphatic rings. The van der Waals surface area contributed by atoms with Crippen LogP contribution in [-0.4, -0.2) is 22.5 Å². The lowest BCUT2D eigenvalue weighted by Gasteiger charge is -2.14. The molecule has 1 aromatic rings. The molecule has 22 heavy (non-hydrogen) atoms. The van der Waals surface area contributed by atoms with Gasteiger partial charge in [-0.25, -0.2) is 18.4 Å². The quantitative estimate of drug-likeness (QED) is 0.646. The Bertz CT molecular complexity index is 566. The van der Waals surface area contributed by atoms with Crippen molar-refractivity contribution in [1.82, 2.24) is 5.48 Å². The topological polar surface area (TPSA) is 64.6 Å². The van der Waals surface area contributed by atoms with Gasteiger partial charge in [0.05, 0.1) is 5.92 Å². The van der Waals surface area contributed by atoms with Gasteiger partial charge in [0.25, 0.3) is 0 Å². The van der Waals surface area contributed by atoms with E-state index in [4.69, 9.17) is 34.8 Å². The van der Waals surface area contributed by atoms with Crippen molar-refractivity contribution < 1.29 is 27.9 Å². The second-order valence-corrected chi connectivity index (χ2v) is 6.62. The molecule has 0 spiro atoms. The van der Waals surface area contributed by atoms with Crippen LogP contribution in [0.4, 0.5) is 13.6 Å². The van der Waals surface area contributed by atoms with Crippen LogP contribution in [-0.2, 0) is 14.4 Å². The van der Waals surface area contributed by atoms with E-state index in [1.165, 1.54) is 6.92 Å². The van der Waals surface area contributed by atoms with Crippen LogP contribution in [0.15, 0.2) is 18.2 Å². The number of alkyl halides is 3. The minimum atomic E-state index is -1.81. The summed E-state index contributed by atoms with van der Waals surface area (Å²) < 4.78 is 28.9.